The molecule has 7 nitrogen and oxygen atoms in total. The summed E-state index contributed by atoms with van der Waals surface area (Å²) in [6.45, 7) is 1.51. The highest BCUT2D eigenvalue weighted by atomic mass is 35.5. The first-order valence-electron chi connectivity index (χ1n) is 8.94. The molecule has 31 heavy (non-hydrogen) atoms. The van der Waals surface area contributed by atoms with Crippen molar-refractivity contribution >= 4 is 56.9 Å². The molecule has 0 aliphatic rings. The van der Waals surface area contributed by atoms with Gasteiger partial charge in [0.2, 0.25) is 0 Å². The molecule has 0 aliphatic carbocycles. The minimum Gasteiger partial charge on any atom is -0.480 e. The molecule has 9 heteroatoms. The zero-order chi connectivity index (χ0) is 22.5. The maximum atomic E-state index is 11.0. The van der Waals surface area contributed by atoms with Crippen LogP contribution in [0.4, 0.5) is 0 Å². The van der Waals surface area contributed by atoms with Crippen molar-refractivity contribution in [3.8, 4) is 5.75 Å². The molecule has 2 heterocycles. The van der Waals surface area contributed by atoms with Crippen LogP contribution in [0.25, 0.3) is 21.8 Å². The van der Waals surface area contributed by atoms with E-state index in [2.05, 4.69) is 9.97 Å². The van der Waals surface area contributed by atoms with Gasteiger partial charge in [-0.3, -0.25) is 9.97 Å². The number of carbonyl (C=O) groups is 2. The van der Waals surface area contributed by atoms with Crippen molar-refractivity contribution in [2.24, 2.45) is 0 Å². The van der Waals surface area contributed by atoms with Crippen LogP contribution in [0.3, 0.4) is 0 Å². The third kappa shape index (κ3) is 5.20. The topological polar surface area (TPSA) is 110 Å². The van der Waals surface area contributed by atoms with E-state index < -0.39 is 18.5 Å². The van der Waals surface area contributed by atoms with Crippen LogP contribution in [0.15, 0.2) is 54.9 Å². The Morgan fingerprint density at radius 1 is 1.00 bits per heavy atom. The normalized spacial score (nSPS) is 10.4. The van der Waals surface area contributed by atoms with Gasteiger partial charge in [-0.05, 0) is 48.9 Å². The second-order valence-electron chi connectivity index (χ2n) is 6.44. The maximum Gasteiger partial charge on any atom is 0.341 e. The summed E-state index contributed by atoms with van der Waals surface area (Å²) in [6, 6.07) is 12.1. The number of aliphatic carboxylic acids is 1. The molecule has 0 fully saturated rings. The van der Waals surface area contributed by atoms with E-state index in [9.17, 15) is 9.59 Å². The van der Waals surface area contributed by atoms with Crippen LogP contribution in [-0.2, 0) is 4.79 Å². The van der Waals surface area contributed by atoms with Gasteiger partial charge in [-0.15, -0.1) is 0 Å². The number of carboxylic acid groups (broad SMARTS) is 2. The lowest BCUT2D eigenvalue weighted by Gasteiger charge is -2.07. The fourth-order valence-electron chi connectivity index (χ4n) is 2.86. The molecule has 0 aliphatic heterocycles. The number of aryl methyl sites for hydroxylation is 1. The van der Waals surface area contributed by atoms with E-state index in [0.717, 1.165) is 16.3 Å². The summed E-state index contributed by atoms with van der Waals surface area (Å²) in [6.07, 6.45) is 3.23. The number of ether oxygens (including phenoxy) is 1. The van der Waals surface area contributed by atoms with Gasteiger partial charge in [0.25, 0.3) is 0 Å². The molecule has 4 aromatic rings. The number of benzene rings is 2. The number of hydrogen-bond donors (Lipinski definition) is 2. The minimum absolute atomic E-state index is 0.0640. The van der Waals surface area contributed by atoms with Crippen LogP contribution in [0.5, 0.6) is 5.75 Å². The number of halogens is 2. The molecule has 0 saturated heterocycles. The molecule has 0 amide bonds. The molecule has 0 saturated carbocycles. The van der Waals surface area contributed by atoms with Gasteiger partial charge in [0.1, 0.15) is 16.8 Å². The van der Waals surface area contributed by atoms with Crippen molar-refractivity contribution in [2.75, 3.05) is 6.61 Å². The Balaban J connectivity index is 0.000000176. The van der Waals surface area contributed by atoms with E-state index >= 15 is 0 Å². The molecule has 2 N–H and O–H groups in total. The summed E-state index contributed by atoms with van der Waals surface area (Å²) in [7, 11) is 0. The third-order valence-electron chi connectivity index (χ3n) is 4.18. The third-order valence-corrected chi connectivity index (χ3v) is 4.83. The summed E-state index contributed by atoms with van der Waals surface area (Å²) in [4.78, 5) is 29.6. The van der Waals surface area contributed by atoms with Crippen molar-refractivity contribution in [3.05, 3.63) is 76.0 Å². The first kappa shape index (κ1) is 22.3. The molecular weight excluding hydrogens is 443 g/mol. The fourth-order valence-corrected chi connectivity index (χ4v) is 3.31. The van der Waals surface area contributed by atoms with Gasteiger partial charge in [-0.25, -0.2) is 9.59 Å². The number of nitrogens with zero attached hydrogens (tertiary/aromatic N) is 2. The number of aromatic nitrogens is 2. The molecule has 4 rings (SSSR count). The summed E-state index contributed by atoms with van der Waals surface area (Å²) >= 11 is 11.8. The SMILES string of the molecule is Cc1cnc2c(C(=O)O)c(Cl)ccc2c1.O=C(O)COc1ccc(Cl)c2cccnc12. The first-order valence-corrected chi connectivity index (χ1v) is 9.69. The van der Waals surface area contributed by atoms with E-state index in [1.807, 2.05) is 13.0 Å². The molecule has 0 radical (unpaired) electrons. The Morgan fingerprint density at radius 2 is 1.74 bits per heavy atom. The molecule has 0 bridgehead atoms. The average Bonchev–Trinajstić information content (AvgIpc) is 2.73. The van der Waals surface area contributed by atoms with Crippen molar-refractivity contribution in [1.29, 1.82) is 0 Å². The zero-order valence-corrected chi connectivity index (χ0v) is 17.7. The summed E-state index contributed by atoms with van der Waals surface area (Å²) in [5.74, 6) is -1.66. The zero-order valence-electron chi connectivity index (χ0n) is 16.2. The number of pyridine rings is 2. The molecule has 0 spiro atoms. The van der Waals surface area contributed by atoms with Crippen LogP contribution in [0.2, 0.25) is 10.0 Å². The minimum atomic E-state index is -1.05. The Labute approximate surface area is 186 Å². The predicted octanol–water partition coefficient (Wildman–Crippen LogP) is 5.25. The Kier molecular flexibility index (Phi) is 6.89. The second kappa shape index (κ2) is 9.59. The lowest BCUT2D eigenvalue weighted by Crippen LogP contribution is -2.09. The van der Waals surface area contributed by atoms with Gasteiger partial charge >= 0.3 is 11.9 Å². The maximum absolute atomic E-state index is 11.0. The van der Waals surface area contributed by atoms with Gasteiger partial charge in [-0.1, -0.05) is 29.3 Å². The Bertz CT molecular complexity index is 1290. The molecule has 2 aromatic heterocycles. The van der Waals surface area contributed by atoms with E-state index in [1.165, 1.54) is 0 Å². The van der Waals surface area contributed by atoms with Crippen LogP contribution < -0.4 is 4.74 Å². The smallest absolute Gasteiger partial charge is 0.341 e. The standard InChI is InChI=1S/C11H8ClNO3.C11H8ClNO2/c12-8-3-4-9(16-6-10(14)15)11-7(8)2-1-5-13-11;1-6-4-7-2-3-8(12)9(11(14)15)10(7)13-5-6/h1-5H,6H2,(H,14,15);2-5H,1H3,(H,14,15). The second-order valence-corrected chi connectivity index (χ2v) is 7.25. The van der Waals surface area contributed by atoms with Gasteiger partial charge in [0.05, 0.1) is 15.6 Å². The van der Waals surface area contributed by atoms with Crippen molar-refractivity contribution < 1.29 is 24.5 Å². The fraction of sp³-hybridized carbons (Fsp3) is 0.0909. The molecule has 2 aromatic carbocycles. The van der Waals surface area contributed by atoms with Crippen LogP contribution in [-0.4, -0.2) is 38.7 Å². The number of carboxylic acids is 2. The van der Waals surface area contributed by atoms with E-state index in [1.54, 1.807) is 48.8 Å². The predicted molar refractivity (Wildman–Crippen MR) is 118 cm³/mol. The largest absolute Gasteiger partial charge is 0.480 e. The van der Waals surface area contributed by atoms with Crippen molar-refractivity contribution in [2.45, 2.75) is 6.92 Å². The summed E-state index contributed by atoms with van der Waals surface area (Å²) in [5, 5.41) is 19.8. The summed E-state index contributed by atoms with van der Waals surface area (Å²) in [5.41, 5.74) is 2.05. The highest BCUT2D eigenvalue weighted by molar-refractivity contribution is 6.35. The molecule has 0 atom stereocenters. The quantitative estimate of drug-likeness (QED) is 0.429. The molecule has 0 unspecified atom stereocenters. The number of rotatable bonds is 4. The van der Waals surface area contributed by atoms with Gasteiger partial charge < -0.3 is 14.9 Å². The van der Waals surface area contributed by atoms with E-state index in [-0.39, 0.29) is 10.6 Å². The summed E-state index contributed by atoms with van der Waals surface area (Å²) < 4.78 is 5.12. The van der Waals surface area contributed by atoms with Crippen molar-refractivity contribution in [1.82, 2.24) is 9.97 Å². The number of hydrogen-bond acceptors (Lipinski definition) is 5. The number of fused-ring (bicyclic) bond motifs is 2. The Morgan fingerprint density at radius 3 is 2.45 bits per heavy atom. The van der Waals surface area contributed by atoms with Gasteiger partial charge in [0.15, 0.2) is 6.61 Å². The Hall–Kier alpha value is -3.42. The molecule has 158 valence electrons. The lowest BCUT2D eigenvalue weighted by atomic mass is 10.1. The van der Waals surface area contributed by atoms with Crippen LogP contribution in [0.1, 0.15) is 15.9 Å². The highest BCUT2D eigenvalue weighted by Crippen LogP contribution is 2.29. The highest BCUT2D eigenvalue weighted by Gasteiger charge is 2.14. The average molecular weight is 459 g/mol. The monoisotopic (exact) mass is 458 g/mol. The number of aromatic carboxylic acids is 1. The van der Waals surface area contributed by atoms with Crippen LogP contribution in [0, 0.1) is 6.92 Å². The first-order chi connectivity index (χ1) is 14.8. The molecular formula is C22H16Cl2N2O5. The van der Waals surface area contributed by atoms with E-state index in [0.29, 0.717) is 21.8 Å². The van der Waals surface area contributed by atoms with Crippen LogP contribution >= 0.6 is 23.2 Å². The van der Waals surface area contributed by atoms with Gasteiger partial charge in [0, 0.05) is 23.2 Å². The van der Waals surface area contributed by atoms with Crippen molar-refractivity contribution in [3.63, 3.8) is 0 Å². The van der Waals surface area contributed by atoms with Gasteiger partial charge in [-0.2, -0.15) is 0 Å². The van der Waals surface area contributed by atoms with E-state index in [4.69, 9.17) is 38.2 Å². The lowest BCUT2D eigenvalue weighted by molar-refractivity contribution is -0.139.